The van der Waals surface area contributed by atoms with E-state index in [9.17, 15) is 15.2 Å². The first-order valence-electron chi connectivity index (χ1n) is 7.65. The number of halogens is 1. The largest absolute Gasteiger partial charge is 0.506 e. The molecule has 0 spiro atoms. The number of phenolic OH excluding ortho intramolecular Hbond substituents is 1. The van der Waals surface area contributed by atoms with Crippen molar-refractivity contribution in [3.05, 3.63) is 74.7 Å². The van der Waals surface area contributed by atoms with Crippen LogP contribution in [0.2, 0.25) is 0 Å². The Labute approximate surface area is 155 Å². The monoisotopic (exact) mass is 410 g/mol. The van der Waals surface area contributed by atoms with Gasteiger partial charge in [-0.2, -0.15) is 0 Å². The Morgan fingerprint density at radius 2 is 1.85 bits per heavy atom. The van der Waals surface area contributed by atoms with E-state index in [0.29, 0.717) is 11.3 Å². The van der Waals surface area contributed by atoms with Gasteiger partial charge in [0.15, 0.2) is 0 Å². The minimum atomic E-state index is -0.526. The summed E-state index contributed by atoms with van der Waals surface area (Å²) in [7, 11) is 0. The number of aromatic hydroxyl groups is 1. The standard InChI is InChI=1S/C19H11BrN2O4/c20-16-9-13(22(24)25)7-11(19(16)23)10-21-12-5-6-15-14-3-1-2-4-17(14)26-18(15)8-12/h1-10,23H. The summed E-state index contributed by atoms with van der Waals surface area (Å²) >= 11 is 3.11. The second kappa shape index (κ2) is 6.27. The molecule has 0 saturated heterocycles. The molecule has 3 aromatic carbocycles. The predicted molar refractivity (Wildman–Crippen MR) is 103 cm³/mol. The Balaban J connectivity index is 1.75. The fourth-order valence-electron chi connectivity index (χ4n) is 2.75. The minimum Gasteiger partial charge on any atom is -0.506 e. The number of rotatable bonds is 3. The van der Waals surface area contributed by atoms with Gasteiger partial charge in [0, 0.05) is 40.7 Å². The Hall–Kier alpha value is -3.19. The van der Waals surface area contributed by atoms with Crippen LogP contribution in [0.25, 0.3) is 21.9 Å². The number of non-ortho nitro benzene ring substituents is 1. The maximum absolute atomic E-state index is 11.0. The fraction of sp³-hybridized carbons (Fsp3) is 0. The topological polar surface area (TPSA) is 88.9 Å². The SMILES string of the molecule is O=[N+]([O-])c1cc(Br)c(O)c(C=Nc2ccc3c(c2)oc2ccccc23)c1. The number of para-hydroxylation sites is 1. The number of hydrogen-bond donors (Lipinski definition) is 1. The van der Waals surface area contributed by atoms with Crippen LogP contribution in [-0.4, -0.2) is 16.2 Å². The summed E-state index contributed by atoms with van der Waals surface area (Å²) in [5.74, 6) is -0.107. The van der Waals surface area contributed by atoms with Gasteiger partial charge < -0.3 is 9.52 Å². The van der Waals surface area contributed by atoms with Gasteiger partial charge in [0.2, 0.25) is 0 Å². The molecule has 0 saturated carbocycles. The molecule has 0 aliphatic carbocycles. The van der Waals surface area contributed by atoms with Crippen LogP contribution >= 0.6 is 15.9 Å². The van der Waals surface area contributed by atoms with Crippen molar-refractivity contribution >= 4 is 55.5 Å². The molecule has 0 radical (unpaired) electrons. The zero-order chi connectivity index (χ0) is 18.3. The number of nitrogens with zero attached hydrogens (tertiary/aromatic N) is 2. The fourth-order valence-corrected chi connectivity index (χ4v) is 3.21. The molecule has 0 aliphatic rings. The zero-order valence-corrected chi connectivity index (χ0v) is 14.8. The summed E-state index contributed by atoms with van der Waals surface area (Å²) < 4.78 is 6.06. The van der Waals surface area contributed by atoms with E-state index in [1.165, 1.54) is 18.3 Å². The van der Waals surface area contributed by atoms with Crippen LogP contribution in [-0.2, 0) is 0 Å². The van der Waals surface area contributed by atoms with Crippen LogP contribution < -0.4 is 0 Å². The van der Waals surface area contributed by atoms with Gasteiger partial charge in [-0.1, -0.05) is 18.2 Å². The highest BCUT2D eigenvalue weighted by Gasteiger charge is 2.13. The second-order valence-corrected chi connectivity index (χ2v) is 6.51. The average molecular weight is 411 g/mol. The summed E-state index contributed by atoms with van der Waals surface area (Å²) in [5.41, 5.74) is 2.22. The third-order valence-corrected chi connectivity index (χ3v) is 4.61. The summed E-state index contributed by atoms with van der Waals surface area (Å²) in [6, 6.07) is 15.8. The number of furan rings is 1. The van der Waals surface area contributed by atoms with E-state index in [2.05, 4.69) is 20.9 Å². The van der Waals surface area contributed by atoms with Gasteiger partial charge in [-0.05, 0) is 34.1 Å². The zero-order valence-electron chi connectivity index (χ0n) is 13.2. The normalized spacial score (nSPS) is 11.6. The molecule has 6 nitrogen and oxygen atoms in total. The molecule has 0 amide bonds. The Morgan fingerprint density at radius 3 is 2.65 bits per heavy atom. The molecule has 7 heteroatoms. The summed E-state index contributed by atoms with van der Waals surface area (Å²) in [4.78, 5) is 14.8. The van der Waals surface area contributed by atoms with Gasteiger partial charge in [-0.3, -0.25) is 15.1 Å². The molecule has 128 valence electrons. The maximum atomic E-state index is 11.0. The first kappa shape index (κ1) is 16.3. The van der Waals surface area contributed by atoms with Crippen molar-refractivity contribution in [3.63, 3.8) is 0 Å². The van der Waals surface area contributed by atoms with Gasteiger partial charge in [0.05, 0.1) is 15.1 Å². The third-order valence-electron chi connectivity index (χ3n) is 4.00. The third kappa shape index (κ3) is 2.82. The van der Waals surface area contributed by atoms with Crippen molar-refractivity contribution in [3.8, 4) is 5.75 Å². The van der Waals surface area contributed by atoms with Crippen molar-refractivity contribution in [2.75, 3.05) is 0 Å². The molecule has 0 aliphatic heterocycles. The highest BCUT2D eigenvalue weighted by Crippen LogP contribution is 2.33. The van der Waals surface area contributed by atoms with E-state index < -0.39 is 4.92 Å². The van der Waals surface area contributed by atoms with E-state index in [0.717, 1.165) is 16.4 Å². The molecule has 4 rings (SSSR count). The molecule has 4 aromatic rings. The molecule has 0 bridgehead atoms. The molecule has 26 heavy (non-hydrogen) atoms. The van der Waals surface area contributed by atoms with E-state index in [-0.39, 0.29) is 21.5 Å². The van der Waals surface area contributed by atoms with E-state index >= 15 is 0 Å². The van der Waals surface area contributed by atoms with E-state index in [4.69, 9.17) is 4.42 Å². The molecule has 0 atom stereocenters. The molecular formula is C19H11BrN2O4. The number of fused-ring (bicyclic) bond motifs is 3. The second-order valence-electron chi connectivity index (χ2n) is 5.66. The summed E-state index contributed by atoms with van der Waals surface area (Å²) in [5, 5.41) is 23.1. The lowest BCUT2D eigenvalue weighted by Gasteiger charge is -2.02. The number of nitro groups is 1. The maximum Gasteiger partial charge on any atom is 0.271 e. The van der Waals surface area contributed by atoms with Gasteiger partial charge in [-0.25, -0.2) is 0 Å². The lowest BCUT2D eigenvalue weighted by molar-refractivity contribution is -0.385. The molecule has 1 heterocycles. The Morgan fingerprint density at radius 1 is 1.08 bits per heavy atom. The first-order valence-corrected chi connectivity index (χ1v) is 8.44. The predicted octanol–water partition coefficient (Wildman–Crippen LogP) is 5.71. The smallest absolute Gasteiger partial charge is 0.271 e. The average Bonchev–Trinajstić information content (AvgIpc) is 3.00. The van der Waals surface area contributed by atoms with Crippen molar-refractivity contribution in [2.24, 2.45) is 4.99 Å². The van der Waals surface area contributed by atoms with Crippen LogP contribution in [0.5, 0.6) is 5.75 Å². The van der Waals surface area contributed by atoms with Crippen LogP contribution in [0.3, 0.4) is 0 Å². The van der Waals surface area contributed by atoms with Crippen LogP contribution in [0.4, 0.5) is 11.4 Å². The van der Waals surface area contributed by atoms with Crippen molar-refractivity contribution in [1.29, 1.82) is 0 Å². The first-order chi connectivity index (χ1) is 12.5. The van der Waals surface area contributed by atoms with Crippen LogP contribution in [0, 0.1) is 10.1 Å². The van der Waals surface area contributed by atoms with Gasteiger partial charge in [0.1, 0.15) is 16.9 Å². The number of benzene rings is 3. The molecular weight excluding hydrogens is 400 g/mol. The van der Waals surface area contributed by atoms with E-state index in [1.807, 2.05) is 36.4 Å². The number of phenols is 1. The highest BCUT2D eigenvalue weighted by atomic mass is 79.9. The van der Waals surface area contributed by atoms with Gasteiger partial charge in [0.25, 0.3) is 5.69 Å². The lowest BCUT2D eigenvalue weighted by Crippen LogP contribution is -1.91. The van der Waals surface area contributed by atoms with Gasteiger partial charge >= 0.3 is 0 Å². The van der Waals surface area contributed by atoms with Gasteiger partial charge in [-0.15, -0.1) is 0 Å². The van der Waals surface area contributed by atoms with E-state index in [1.54, 1.807) is 6.07 Å². The highest BCUT2D eigenvalue weighted by molar-refractivity contribution is 9.10. The number of nitro benzene ring substituents is 1. The van der Waals surface area contributed by atoms with Crippen molar-refractivity contribution in [1.82, 2.24) is 0 Å². The molecule has 0 fully saturated rings. The number of hydrogen-bond acceptors (Lipinski definition) is 5. The summed E-state index contributed by atoms with van der Waals surface area (Å²) in [6.45, 7) is 0. The van der Waals surface area contributed by atoms with Crippen LogP contribution in [0.15, 0.2) is 68.5 Å². The number of aliphatic imine (C=N–C) groups is 1. The molecule has 1 N–H and O–H groups in total. The summed E-state index contributed by atoms with van der Waals surface area (Å²) in [6.07, 6.45) is 1.39. The quantitative estimate of drug-likeness (QED) is 0.266. The van der Waals surface area contributed by atoms with Crippen LogP contribution in [0.1, 0.15) is 5.56 Å². The Kier molecular flexibility index (Phi) is 3.93. The molecule has 1 aromatic heterocycles. The Bertz CT molecular complexity index is 1200. The molecule has 0 unspecified atom stereocenters. The van der Waals surface area contributed by atoms with Crippen molar-refractivity contribution < 1.29 is 14.4 Å². The lowest BCUT2D eigenvalue weighted by atomic mass is 10.1. The minimum absolute atomic E-state index is 0.107. The van der Waals surface area contributed by atoms with Crippen molar-refractivity contribution in [2.45, 2.75) is 0 Å².